The van der Waals surface area contributed by atoms with Gasteiger partial charge in [0.1, 0.15) is 0 Å². The number of nitroso groups, excluding NO2 is 1. The van der Waals surface area contributed by atoms with E-state index in [2.05, 4.69) is 6.58 Å². The van der Waals surface area contributed by atoms with Crippen LogP contribution in [0.25, 0.3) is 0 Å². The van der Waals surface area contributed by atoms with Gasteiger partial charge in [-0.25, -0.2) is 0 Å². The maximum atomic E-state index is 10.8. The lowest BCUT2D eigenvalue weighted by molar-refractivity contribution is 0.630. The molecule has 0 amide bonds. The molecule has 0 fully saturated rings. The molecule has 3 heteroatoms. The zero-order valence-electron chi connectivity index (χ0n) is 2.44. The van der Waals surface area contributed by atoms with Crippen LogP contribution in [0.2, 0.25) is 0 Å². The Morgan fingerprint density at radius 2 is 2.20 bits per heavy atom. The van der Waals surface area contributed by atoms with Gasteiger partial charge < -0.3 is 0 Å². The zero-order chi connectivity index (χ0) is 4.28. The molecule has 0 spiro atoms. The zero-order valence-corrected chi connectivity index (χ0v) is 2.44. The molecule has 0 aliphatic rings. The van der Waals surface area contributed by atoms with Crippen LogP contribution in [-0.2, 0) is 0 Å². The van der Waals surface area contributed by atoms with Gasteiger partial charge in [-0.2, -0.15) is 4.39 Å². The van der Waals surface area contributed by atoms with Gasteiger partial charge in [0.05, 0.1) is 0 Å². The second kappa shape index (κ2) is 1.58. The summed E-state index contributed by atoms with van der Waals surface area (Å²) in [7, 11) is 0. The van der Waals surface area contributed by atoms with Crippen LogP contribution in [0.3, 0.4) is 0 Å². The molecule has 0 rings (SSSR count). The molecule has 0 unspecified atom stereocenters. The van der Waals surface area contributed by atoms with Crippen LogP contribution < -0.4 is 0 Å². The van der Waals surface area contributed by atoms with Crippen LogP contribution in [0.5, 0.6) is 0 Å². The summed E-state index contributed by atoms with van der Waals surface area (Å²) in [6.45, 7) is 2.53. The largest absolute Gasteiger partial charge is 0.247 e. The van der Waals surface area contributed by atoms with Crippen molar-refractivity contribution in [3.63, 3.8) is 0 Å². The van der Waals surface area contributed by atoms with E-state index in [1.54, 1.807) is 5.18 Å². The van der Waals surface area contributed by atoms with Crippen LogP contribution in [0.1, 0.15) is 0 Å². The van der Waals surface area contributed by atoms with Gasteiger partial charge in [0.15, 0.2) is 0 Å². The number of hydrogen-bond acceptors (Lipinski definition) is 2. The highest BCUT2D eigenvalue weighted by Gasteiger charge is 1.73. The first-order chi connectivity index (χ1) is 2.27. The minimum Gasteiger partial charge on any atom is -0.182 e. The molecule has 0 saturated heterocycles. The van der Waals surface area contributed by atoms with Crippen molar-refractivity contribution in [1.29, 1.82) is 0 Å². The molecule has 0 bridgehead atoms. The molecule has 0 aliphatic carbocycles. The van der Waals surface area contributed by atoms with E-state index in [4.69, 9.17) is 4.91 Å². The van der Waals surface area contributed by atoms with Crippen LogP contribution >= 0.6 is 0 Å². The summed E-state index contributed by atoms with van der Waals surface area (Å²) in [6.07, 6.45) is 0. The van der Waals surface area contributed by atoms with Crippen molar-refractivity contribution in [3.05, 3.63) is 17.4 Å². The summed E-state index contributed by atoms with van der Waals surface area (Å²) in [5, 5.41) is 1.78. The molecule has 28 valence electrons. The molecule has 2 nitrogen and oxygen atoms in total. The lowest BCUT2D eigenvalue weighted by Crippen LogP contribution is -1.45. The van der Waals surface area contributed by atoms with Crippen LogP contribution in [0, 0.1) is 4.91 Å². The van der Waals surface area contributed by atoms with Gasteiger partial charge >= 0.3 is 0 Å². The fourth-order valence-electron chi connectivity index (χ4n) is 0. The van der Waals surface area contributed by atoms with Crippen molar-refractivity contribution < 1.29 is 4.39 Å². The number of halogens is 1. The first kappa shape index (κ1) is 4.27. The van der Waals surface area contributed by atoms with Gasteiger partial charge in [-0.05, 0) is 11.8 Å². The first-order valence-electron chi connectivity index (χ1n) is 0.949. The molecule has 0 saturated carbocycles. The van der Waals surface area contributed by atoms with Gasteiger partial charge in [-0.15, -0.1) is 4.91 Å². The molecule has 0 aliphatic heterocycles. The summed E-state index contributed by atoms with van der Waals surface area (Å²) in [5.41, 5.74) is 0. The van der Waals surface area contributed by atoms with Crippen LogP contribution in [-0.4, -0.2) is 0 Å². The van der Waals surface area contributed by atoms with Gasteiger partial charge in [-0.3, -0.25) is 0 Å². The summed E-state index contributed by atoms with van der Waals surface area (Å²) in [6, 6.07) is 0. The van der Waals surface area contributed by atoms with Crippen molar-refractivity contribution in [1.82, 2.24) is 0 Å². The summed E-state index contributed by atoms with van der Waals surface area (Å²) in [5.74, 6) is -1.18. The molecule has 0 aromatic carbocycles. The number of nitrogens with zero attached hydrogens (tertiary/aromatic N) is 1. The number of hydrogen-bond donors (Lipinski definition) is 0. The highest BCUT2D eigenvalue weighted by Crippen LogP contribution is 1.86. The third-order valence-electron chi connectivity index (χ3n) is 0.0991. The predicted octanol–water partition coefficient (Wildman–Crippen LogP) is 1.19. The average molecular weight is 75.0 g/mol. The predicted molar refractivity (Wildman–Crippen MR) is 16.0 cm³/mol. The average Bonchev–Trinajstić information content (AvgIpc) is 1.38. The molecular formula is C2H2FNO. The SMILES string of the molecule is C=C(F)N=O. The van der Waals surface area contributed by atoms with E-state index in [1.807, 2.05) is 0 Å². The minimum absolute atomic E-state index is 1.18. The van der Waals surface area contributed by atoms with Crippen molar-refractivity contribution in [2.45, 2.75) is 0 Å². The molecule has 5 heavy (non-hydrogen) atoms. The minimum atomic E-state index is -1.18. The normalized spacial score (nSPS) is 6.60. The van der Waals surface area contributed by atoms with E-state index in [-0.39, 0.29) is 0 Å². The van der Waals surface area contributed by atoms with E-state index in [9.17, 15) is 4.39 Å². The Morgan fingerprint density at radius 1 is 2.00 bits per heavy atom. The van der Waals surface area contributed by atoms with E-state index >= 15 is 0 Å². The fourth-order valence-corrected chi connectivity index (χ4v) is 0. The van der Waals surface area contributed by atoms with Crippen molar-refractivity contribution in [2.24, 2.45) is 5.18 Å². The maximum absolute atomic E-state index is 10.8. The summed E-state index contributed by atoms with van der Waals surface area (Å²) >= 11 is 0. The molecule has 0 aromatic heterocycles. The van der Waals surface area contributed by atoms with E-state index in [0.717, 1.165) is 0 Å². The third-order valence-corrected chi connectivity index (χ3v) is 0.0991. The van der Waals surface area contributed by atoms with Crippen LogP contribution in [0.4, 0.5) is 4.39 Å². The van der Waals surface area contributed by atoms with Crippen molar-refractivity contribution in [2.75, 3.05) is 0 Å². The lowest BCUT2D eigenvalue weighted by atomic mass is 11.0. The molecule has 0 heterocycles. The third kappa shape index (κ3) is 3.27. The standard InChI is InChI=1S/C2H2FNO/c1-2(3)4-5/h1H2. The van der Waals surface area contributed by atoms with Crippen molar-refractivity contribution >= 4 is 0 Å². The quantitative estimate of drug-likeness (QED) is 0.340. The Labute approximate surface area is 28.3 Å². The van der Waals surface area contributed by atoms with Crippen LogP contribution in [0.15, 0.2) is 17.7 Å². The maximum Gasteiger partial charge on any atom is 0.247 e. The highest BCUT2D eigenvalue weighted by molar-refractivity contribution is 4.72. The van der Waals surface area contributed by atoms with Gasteiger partial charge in [-0.1, -0.05) is 0 Å². The highest BCUT2D eigenvalue weighted by atomic mass is 19.1. The Balaban J connectivity index is 3.20. The monoisotopic (exact) mass is 75.0 g/mol. The smallest absolute Gasteiger partial charge is 0.182 e. The Hall–Kier alpha value is -0.730. The van der Waals surface area contributed by atoms with Crippen molar-refractivity contribution in [3.8, 4) is 0 Å². The van der Waals surface area contributed by atoms with Gasteiger partial charge in [0, 0.05) is 0 Å². The molecule has 0 aromatic rings. The topological polar surface area (TPSA) is 29.4 Å². The Bertz CT molecular complexity index is 60.7. The fraction of sp³-hybridized carbons (Fsp3) is 0. The molecular weight excluding hydrogens is 73.0 g/mol. The van der Waals surface area contributed by atoms with E-state index in [1.165, 1.54) is 0 Å². The van der Waals surface area contributed by atoms with E-state index in [0.29, 0.717) is 0 Å². The molecule has 0 radical (unpaired) electrons. The van der Waals surface area contributed by atoms with Gasteiger partial charge in [0.25, 0.3) is 0 Å². The van der Waals surface area contributed by atoms with Gasteiger partial charge in [0.2, 0.25) is 5.95 Å². The Morgan fingerprint density at radius 3 is 2.20 bits per heavy atom. The Kier molecular flexibility index (Phi) is 1.35. The molecule has 0 atom stereocenters. The summed E-state index contributed by atoms with van der Waals surface area (Å²) < 4.78 is 10.8. The molecule has 0 N–H and O–H groups in total. The number of rotatable bonds is 1. The van der Waals surface area contributed by atoms with E-state index < -0.39 is 5.95 Å². The second-order valence-corrected chi connectivity index (χ2v) is 0.468. The second-order valence-electron chi connectivity index (χ2n) is 0.468. The first-order valence-corrected chi connectivity index (χ1v) is 0.949. The summed E-state index contributed by atoms with van der Waals surface area (Å²) in [4.78, 5) is 8.78. The lowest BCUT2D eigenvalue weighted by Gasteiger charge is -1.59.